The number of benzene rings is 2. The molecule has 0 radical (unpaired) electrons. The van der Waals surface area contributed by atoms with Crippen molar-refractivity contribution in [3.8, 4) is 0 Å². The van der Waals surface area contributed by atoms with Gasteiger partial charge in [-0.3, -0.25) is 14.4 Å². The highest BCUT2D eigenvalue weighted by Gasteiger charge is 2.32. The molecule has 3 amide bonds. The third kappa shape index (κ3) is 6.47. The lowest BCUT2D eigenvalue weighted by molar-refractivity contribution is -0.145. The standard InChI is InChI=1S/C28H32N6O6/c1-15(35)25(28(39)40)34-27(38)23(11-17-14-31-21-9-5-3-7-19(17)21)33-26(37)22(32-24(36)12-29)10-16-13-30-20-8-4-2-6-18(16)20/h2-9,13-15,22-23,25,30-31,35H,10-12,29H2,1H3,(H,32,36)(H,33,37)(H,34,38)(H,39,40). The highest BCUT2D eigenvalue weighted by Crippen LogP contribution is 2.21. The van der Waals surface area contributed by atoms with E-state index < -0.39 is 47.9 Å². The zero-order valence-electron chi connectivity index (χ0n) is 21.8. The second-order valence-electron chi connectivity index (χ2n) is 9.58. The maximum Gasteiger partial charge on any atom is 0.328 e. The van der Waals surface area contributed by atoms with Gasteiger partial charge in [-0.05, 0) is 30.2 Å². The van der Waals surface area contributed by atoms with Crippen molar-refractivity contribution in [3.63, 3.8) is 0 Å². The number of aliphatic hydroxyl groups excluding tert-OH is 1. The number of aromatic nitrogens is 2. The highest BCUT2D eigenvalue weighted by molar-refractivity contribution is 5.95. The van der Waals surface area contributed by atoms with Gasteiger partial charge in [0, 0.05) is 47.0 Å². The molecule has 4 unspecified atom stereocenters. The Bertz CT molecular complexity index is 1530. The van der Waals surface area contributed by atoms with E-state index in [2.05, 4.69) is 25.9 Å². The monoisotopic (exact) mass is 548 g/mol. The van der Waals surface area contributed by atoms with Crippen molar-refractivity contribution in [2.75, 3.05) is 6.54 Å². The third-order valence-corrected chi connectivity index (χ3v) is 6.71. The van der Waals surface area contributed by atoms with E-state index in [-0.39, 0.29) is 19.4 Å². The number of amides is 3. The van der Waals surface area contributed by atoms with Gasteiger partial charge in [0.15, 0.2) is 6.04 Å². The average Bonchev–Trinajstić information content (AvgIpc) is 3.54. The summed E-state index contributed by atoms with van der Waals surface area (Å²) in [4.78, 5) is 57.0. The van der Waals surface area contributed by atoms with Crippen molar-refractivity contribution in [2.45, 2.75) is 44.0 Å². The highest BCUT2D eigenvalue weighted by atomic mass is 16.4. The van der Waals surface area contributed by atoms with Crippen LogP contribution in [0.1, 0.15) is 18.1 Å². The van der Waals surface area contributed by atoms with Crippen LogP contribution in [0.2, 0.25) is 0 Å². The zero-order valence-corrected chi connectivity index (χ0v) is 21.8. The largest absolute Gasteiger partial charge is 0.480 e. The lowest BCUT2D eigenvalue weighted by Crippen LogP contribution is -2.58. The van der Waals surface area contributed by atoms with Gasteiger partial charge in [-0.25, -0.2) is 4.79 Å². The van der Waals surface area contributed by atoms with Crippen LogP contribution in [-0.4, -0.2) is 74.6 Å². The molecule has 12 nitrogen and oxygen atoms in total. The van der Waals surface area contributed by atoms with Gasteiger partial charge in [-0.15, -0.1) is 0 Å². The molecule has 2 heterocycles. The number of fused-ring (bicyclic) bond motifs is 2. The summed E-state index contributed by atoms with van der Waals surface area (Å²) in [5.74, 6) is -3.44. The first kappa shape index (κ1) is 28.3. The molecule has 2 aromatic heterocycles. The molecule has 4 rings (SSSR count). The number of H-pyrrole nitrogens is 2. The predicted octanol–water partition coefficient (Wildman–Crippen LogP) is 0.313. The molecule has 2 aromatic carbocycles. The quantitative estimate of drug-likeness (QED) is 0.124. The van der Waals surface area contributed by atoms with E-state index in [0.717, 1.165) is 27.4 Å². The first-order valence-electron chi connectivity index (χ1n) is 12.8. The summed E-state index contributed by atoms with van der Waals surface area (Å²) < 4.78 is 0. The van der Waals surface area contributed by atoms with Crippen molar-refractivity contribution < 1.29 is 29.4 Å². The van der Waals surface area contributed by atoms with Crippen LogP contribution in [0.15, 0.2) is 60.9 Å². The fraction of sp³-hybridized carbons (Fsp3) is 0.286. The number of rotatable bonds is 12. The fourth-order valence-corrected chi connectivity index (χ4v) is 4.63. The summed E-state index contributed by atoms with van der Waals surface area (Å²) in [6.45, 7) is 0.900. The molecule has 4 atom stereocenters. The number of hydrogen-bond donors (Lipinski definition) is 8. The van der Waals surface area contributed by atoms with Crippen molar-refractivity contribution in [1.82, 2.24) is 25.9 Å². The summed E-state index contributed by atoms with van der Waals surface area (Å²) in [5, 5.41) is 28.7. The van der Waals surface area contributed by atoms with Crippen LogP contribution in [0.25, 0.3) is 21.8 Å². The molecule has 40 heavy (non-hydrogen) atoms. The van der Waals surface area contributed by atoms with Crippen molar-refractivity contribution in [3.05, 3.63) is 72.1 Å². The Balaban J connectivity index is 1.62. The van der Waals surface area contributed by atoms with Gasteiger partial charge < -0.3 is 41.9 Å². The first-order chi connectivity index (χ1) is 19.2. The van der Waals surface area contributed by atoms with E-state index in [1.165, 1.54) is 6.92 Å². The van der Waals surface area contributed by atoms with E-state index >= 15 is 0 Å². The molecule has 0 saturated heterocycles. The van der Waals surface area contributed by atoms with Gasteiger partial charge in [-0.1, -0.05) is 36.4 Å². The summed E-state index contributed by atoms with van der Waals surface area (Å²) in [5.41, 5.74) is 8.65. The number of carboxylic acid groups (broad SMARTS) is 1. The normalized spacial score (nSPS) is 14.3. The molecular formula is C28H32N6O6. The van der Waals surface area contributed by atoms with Crippen LogP contribution < -0.4 is 21.7 Å². The Hall–Kier alpha value is -4.68. The van der Waals surface area contributed by atoms with Crippen LogP contribution in [0.5, 0.6) is 0 Å². The molecule has 9 N–H and O–H groups in total. The molecule has 4 aromatic rings. The summed E-state index contributed by atoms with van der Waals surface area (Å²) in [6.07, 6.45) is 2.19. The van der Waals surface area contributed by atoms with Gasteiger partial charge in [0.1, 0.15) is 12.1 Å². The number of carbonyl (C=O) groups excluding carboxylic acids is 3. The fourth-order valence-electron chi connectivity index (χ4n) is 4.63. The van der Waals surface area contributed by atoms with Gasteiger partial charge >= 0.3 is 5.97 Å². The Labute approximate surface area is 229 Å². The predicted molar refractivity (Wildman–Crippen MR) is 148 cm³/mol. The minimum Gasteiger partial charge on any atom is -0.480 e. The number of para-hydroxylation sites is 2. The van der Waals surface area contributed by atoms with E-state index in [4.69, 9.17) is 5.73 Å². The van der Waals surface area contributed by atoms with Crippen LogP contribution in [0.3, 0.4) is 0 Å². The molecule has 0 aliphatic rings. The smallest absolute Gasteiger partial charge is 0.328 e. The van der Waals surface area contributed by atoms with Gasteiger partial charge in [0.25, 0.3) is 0 Å². The summed E-state index contributed by atoms with van der Waals surface area (Å²) >= 11 is 0. The van der Waals surface area contributed by atoms with Gasteiger partial charge in [0.2, 0.25) is 17.7 Å². The molecule has 0 spiro atoms. The number of aromatic amines is 2. The second-order valence-corrected chi connectivity index (χ2v) is 9.58. The second kappa shape index (κ2) is 12.5. The minimum atomic E-state index is -1.59. The number of aliphatic hydroxyl groups is 1. The molecule has 12 heteroatoms. The average molecular weight is 549 g/mol. The molecule has 0 fully saturated rings. The SMILES string of the molecule is CC(O)C(NC(=O)C(Cc1c[nH]c2ccccc12)NC(=O)C(Cc1c[nH]c2ccccc12)NC(=O)CN)C(=O)O. The molecule has 0 aliphatic carbocycles. The van der Waals surface area contributed by atoms with E-state index in [1.54, 1.807) is 12.4 Å². The lowest BCUT2D eigenvalue weighted by atomic mass is 10.0. The Morgan fingerprint density at radius 3 is 1.75 bits per heavy atom. The molecule has 210 valence electrons. The van der Waals surface area contributed by atoms with Gasteiger partial charge in [-0.2, -0.15) is 0 Å². The van der Waals surface area contributed by atoms with Gasteiger partial charge in [0.05, 0.1) is 12.6 Å². The van der Waals surface area contributed by atoms with Crippen LogP contribution in [-0.2, 0) is 32.0 Å². The third-order valence-electron chi connectivity index (χ3n) is 6.71. The minimum absolute atomic E-state index is 0.0123. The molecule has 0 bridgehead atoms. The van der Waals surface area contributed by atoms with Crippen molar-refractivity contribution >= 4 is 45.5 Å². The molecule has 0 saturated carbocycles. The van der Waals surface area contributed by atoms with E-state index in [1.807, 2.05) is 48.5 Å². The van der Waals surface area contributed by atoms with E-state index in [9.17, 15) is 29.4 Å². The number of carboxylic acids is 1. The van der Waals surface area contributed by atoms with E-state index in [0.29, 0.717) is 5.56 Å². The summed E-state index contributed by atoms with van der Waals surface area (Å²) in [6, 6.07) is 11.0. The van der Waals surface area contributed by atoms with Crippen molar-refractivity contribution in [2.24, 2.45) is 5.73 Å². The Kier molecular flexibility index (Phi) is 8.82. The maximum atomic E-state index is 13.6. The van der Waals surface area contributed by atoms with Crippen molar-refractivity contribution in [1.29, 1.82) is 0 Å². The maximum absolute atomic E-state index is 13.6. The zero-order chi connectivity index (χ0) is 28.8. The van der Waals surface area contributed by atoms with Crippen LogP contribution in [0, 0.1) is 0 Å². The molecular weight excluding hydrogens is 516 g/mol. The molecule has 0 aliphatic heterocycles. The Morgan fingerprint density at radius 2 is 1.27 bits per heavy atom. The number of nitrogens with two attached hydrogens (primary N) is 1. The number of carbonyl (C=O) groups is 4. The lowest BCUT2D eigenvalue weighted by Gasteiger charge is -2.25. The number of aliphatic carboxylic acids is 1. The Morgan fingerprint density at radius 1 is 0.800 bits per heavy atom. The van der Waals surface area contributed by atoms with Crippen LogP contribution >= 0.6 is 0 Å². The van der Waals surface area contributed by atoms with Crippen LogP contribution in [0.4, 0.5) is 0 Å². The summed E-state index contributed by atoms with van der Waals surface area (Å²) in [7, 11) is 0. The number of hydrogen-bond acceptors (Lipinski definition) is 6. The topological polar surface area (TPSA) is 202 Å². The first-order valence-corrected chi connectivity index (χ1v) is 12.8. The number of nitrogens with one attached hydrogen (secondary N) is 5.